The molecule has 118 valence electrons. The number of nitrogens with zero attached hydrogens (tertiary/aromatic N) is 3. The van der Waals surface area contributed by atoms with E-state index < -0.39 is 0 Å². The zero-order valence-corrected chi connectivity index (χ0v) is 14.2. The van der Waals surface area contributed by atoms with Crippen LogP contribution in [0.3, 0.4) is 0 Å². The lowest BCUT2D eigenvalue weighted by atomic mass is 10.0. The monoisotopic (exact) mass is 310 g/mol. The highest BCUT2D eigenvalue weighted by Gasteiger charge is 2.23. The second-order valence-electron chi connectivity index (χ2n) is 6.05. The second-order valence-corrected chi connectivity index (χ2v) is 6.94. The molecule has 0 aliphatic carbocycles. The molecule has 1 unspecified atom stereocenters. The number of piperidine rings is 1. The highest BCUT2D eigenvalue weighted by atomic mass is 32.1. The molecule has 1 saturated heterocycles. The lowest BCUT2D eigenvalue weighted by molar-refractivity contribution is -0.130. The molecular formula is C15H26N4OS. The van der Waals surface area contributed by atoms with E-state index >= 15 is 0 Å². The molecule has 5 nitrogen and oxygen atoms in total. The minimum absolute atomic E-state index is 0.188. The van der Waals surface area contributed by atoms with Crippen molar-refractivity contribution in [2.45, 2.75) is 38.8 Å². The van der Waals surface area contributed by atoms with Crippen molar-refractivity contribution in [1.82, 2.24) is 20.1 Å². The Kier molecular flexibility index (Phi) is 5.72. The molecule has 0 bridgehead atoms. The van der Waals surface area contributed by atoms with Gasteiger partial charge in [0.15, 0.2) is 0 Å². The van der Waals surface area contributed by atoms with Gasteiger partial charge in [0.2, 0.25) is 5.91 Å². The number of hydrogen-bond donors (Lipinski definition) is 1. The predicted molar refractivity (Wildman–Crippen MR) is 86.6 cm³/mol. The fourth-order valence-corrected chi connectivity index (χ4v) is 3.40. The molecule has 1 aliphatic heterocycles. The number of likely N-dealkylation sites (N-methyl/N-ethyl adjacent to an activating group) is 1. The summed E-state index contributed by atoms with van der Waals surface area (Å²) in [5, 5.41) is 6.94. The summed E-state index contributed by atoms with van der Waals surface area (Å²) < 4.78 is 0. The van der Waals surface area contributed by atoms with E-state index in [1.807, 2.05) is 21.0 Å². The molecular weight excluding hydrogens is 284 g/mol. The van der Waals surface area contributed by atoms with Gasteiger partial charge in [-0.3, -0.25) is 9.69 Å². The summed E-state index contributed by atoms with van der Waals surface area (Å²) >= 11 is 1.72. The third kappa shape index (κ3) is 4.76. The fourth-order valence-electron chi connectivity index (χ4n) is 2.59. The molecule has 1 aliphatic rings. The van der Waals surface area contributed by atoms with E-state index in [4.69, 9.17) is 0 Å². The topological polar surface area (TPSA) is 48.5 Å². The summed E-state index contributed by atoms with van der Waals surface area (Å²) in [5.41, 5.74) is 1.10. The van der Waals surface area contributed by atoms with Crippen LogP contribution >= 0.6 is 11.3 Å². The van der Waals surface area contributed by atoms with Crippen LogP contribution in [0.2, 0.25) is 0 Å². The van der Waals surface area contributed by atoms with Gasteiger partial charge in [-0.05, 0) is 26.7 Å². The van der Waals surface area contributed by atoms with Crippen LogP contribution < -0.4 is 5.32 Å². The first-order valence-corrected chi connectivity index (χ1v) is 8.44. The highest BCUT2D eigenvalue weighted by Crippen LogP contribution is 2.20. The second kappa shape index (κ2) is 7.33. The maximum atomic E-state index is 11.7. The molecule has 0 spiro atoms. The summed E-state index contributed by atoms with van der Waals surface area (Å²) in [6.45, 7) is 6.73. The number of aromatic nitrogens is 1. The average Bonchev–Trinajstić information content (AvgIpc) is 2.87. The van der Waals surface area contributed by atoms with Crippen molar-refractivity contribution in [3.05, 3.63) is 16.1 Å². The number of hydrogen-bond acceptors (Lipinski definition) is 5. The Morgan fingerprint density at radius 3 is 2.71 bits per heavy atom. The third-order valence-corrected chi connectivity index (χ3v) is 5.08. The number of rotatable bonds is 5. The van der Waals surface area contributed by atoms with Gasteiger partial charge in [0.25, 0.3) is 0 Å². The Morgan fingerprint density at radius 2 is 2.19 bits per heavy atom. The van der Waals surface area contributed by atoms with Crippen molar-refractivity contribution < 1.29 is 4.79 Å². The van der Waals surface area contributed by atoms with E-state index in [2.05, 4.69) is 27.5 Å². The van der Waals surface area contributed by atoms with Gasteiger partial charge in [-0.25, -0.2) is 4.98 Å². The van der Waals surface area contributed by atoms with E-state index in [0.717, 1.165) is 36.6 Å². The van der Waals surface area contributed by atoms with Crippen LogP contribution in [-0.4, -0.2) is 60.5 Å². The molecule has 1 fully saturated rings. The van der Waals surface area contributed by atoms with Gasteiger partial charge in [-0.15, -0.1) is 11.3 Å². The molecule has 0 radical (unpaired) electrons. The maximum absolute atomic E-state index is 11.7. The Hall–Kier alpha value is -0.980. The lowest BCUT2D eigenvalue weighted by Crippen LogP contribution is -2.46. The van der Waals surface area contributed by atoms with Crippen molar-refractivity contribution in [3.63, 3.8) is 0 Å². The van der Waals surface area contributed by atoms with Crippen molar-refractivity contribution in [1.29, 1.82) is 0 Å². The summed E-state index contributed by atoms with van der Waals surface area (Å²) in [4.78, 5) is 20.2. The number of thiazole rings is 1. The number of carbonyl (C=O) groups excluding carboxylic acids is 1. The van der Waals surface area contributed by atoms with Crippen molar-refractivity contribution in [2.24, 2.45) is 0 Å². The van der Waals surface area contributed by atoms with E-state index in [0.29, 0.717) is 18.6 Å². The fraction of sp³-hybridized carbons (Fsp3) is 0.733. The van der Waals surface area contributed by atoms with Crippen LogP contribution in [0.5, 0.6) is 0 Å². The summed E-state index contributed by atoms with van der Waals surface area (Å²) in [7, 11) is 3.63. The molecule has 1 amide bonds. The van der Waals surface area contributed by atoms with Crippen LogP contribution in [0.4, 0.5) is 0 Å². The van der Waals surface area contributed by atoms with Crippen LogP contribution in [-0.2, 0) is 4.79 Å². The molecule has 6 heteroatoms. The standard InChI is InChI=1S/C15H26N4OS/c1-11-10-21-15(16-11)12(2)17-13-5-7-19(8-6-13)9-14(20)18(3)4/h10,12-13,17H,5-9H2,1-4H3. The zero-order valence-electron chi connectivity index (χ0n) is 13.4. The van der Waals surface area contributed by atoms with E-state index in [1.165, 1.54) is 0 Å². The van der Waals surface area contributed by atoms with Gasteiger partial charge in [0.05, 0.1) is 12.6 Å². The van der Waals surface area contributed by atoms with Crippen LogP contribution in [0, 0.1) is 6.92 Å². The third-order valence-electron chi connectivity index (χ3n) is 3.94. The lowest BCUT2D eigenvalue weighted by Gasteiger charge is -2.33. The Bertz CT molecular complexity index is 466. The van der Waals surface area contributed by atoms with Gasteiger partial charge < -0.3 is 10.2 Å². The zero-order chi connectivity index (χ0) is 15.4. The quantitative estimate of drug-likeness (QED) is 0.898. The molecule has 0 saturated carbocycles. The number of likely N-dealkylation sites (tertiary alicyclic amines) is 1. The Morgan fingerprint density at radius 1 is 1.52 bits per heavy atom. The molecule has 1 aromatic heterocycles. The van der Waals surface area contributed by atoms with Crippen molar-refractivity contribution in [2.75, 3.05) is 33.7 Å². The molecule has 0 aromatic carbocycles. The molecule has 1 atom stereocenters. The Balaban J connectivity index is 1.75. The van der Waals surface area contributed by atoms with Crippen LogP contribution in [0.1, 0.15) is 36.5 Å². The van der Waals surface area contributed by atoms with Crippen molar-refractivity contribution in [3.8, 4) is 0 Å². The van der Waals surface area contributed by atoms with Gasteiger partial charge >= 0.3 is 0 Å². The number of nitrogens with one attached hydrogen (secondary N) is 1. The Labute approximate surface area is 131 Å². The summed E-state index contributed by atoms with van der Waals surface area (Å²) in [6, 6.07) is 0.832. The average molecular weight is 310 g/mol. The maximum Gasteiger partial charge on any atom is 0.236 e. The molecule has 1 N–H and O–H groups in total. The molecule has 2 heterocycles. The SMILES string of the molecule is Cc1csc(C(C)NC2CCN(CC(=O)N(C)C)CC2)n1. The molecule has 2 rings (SSSR count). The minimum Gasteiger partial charge on any atom is -0.348 e. The largest absolute Gasteiger partial charge is 0.348 e. The van der Waals surface area contributed by atoms with Crippen molar-refractivity contribution >= 4 is 17.2 Å². The number of carbonyl (C=O) groups is 1. The summed E-state index contributed by atoms with van der Waals surface area (Å²) in [5.74, 6) is 0.188. The van der Waals surface area contributed by atoms with E-state index in [1.54, 1.807) is 16.2 Å². The van der Waals surface area contributed by atoms with Gasteiger partial charge in [-0.1, -0.05) is 0 Å². The first-order chi connectivity index (χ1) is 9.95. The normalized spacial score (nSPS) is 18.7. The van der Waals surface area contributed by atoms with E-state index in [9.17, 15) is 4.79 Å². The van der Waals surface area contributed by atoms with Gasteiger partial charge in [-0.2, -0.15) is 0 Å². The highest BCUT2D eigenvalue weighted by molar-refractivity contribution is 7.09. The molecule has 1 aromatic rings. The molecule has 21 heavy (non-hydrogen) atoms. The van der Waals surface area contributed by atoms with Crippen LogP contribution in [0.15, 0.2) is 5.38 Å². The summed E-state index contributed by atoms with van der Waals surface area (Å²) in [6.07, 6.45) is 2.19. The van der Waals surface area contributed by atoms with Gasteiger partial charge in [0.1, 0.15) is 5.01 Å². The number of aryl methyl sites for hydroxylation is 1. The number of amides is 1. The predicted octanol–water partition coefficient (Wildman–Crippen LogP) is 1.65. The smallest absolute Gasteiger partial charge is 0.236 e. The first-order valence-electron chi connectivity index (χ1n) is 7.56. The minimum atomic E-state index is 0.188. The van der Waals surface area contributed by atoms with E-state index in [-0.39, 0.29) is 5.91 Å². The van der Waals surface area contributed by atoms with Gasteiger partial charge in [0, 0.05) is 44.3 Å². The first kappa shape index (κ1) is 16.4. The van der Waals surface area contributed by atoms with Crippen LogP contribution in [0.25, 0.3) is 0 Å².